The van der Waals surface area contributed by atoms with Crippen molar-refractivity contribution in [2.45, 2.75) is 0 Å². The number of rotatable bonds is 6. The molecule has 0 aliphatic rings. The third kappa shape index (κ3) is 8.22. The van der Waals surface area contributed by atoms with E-state index in [1.54, 1.807) is 0 Å². The Morgan fingerprint density at radius 3 is 0.990 bits per heavy atom. The Labute approximate surface area is 597 Å². The van der Waals surface area contributed by atoms with Crippen LogP contribution in [0.3, 0.4) is 0 Å². The number of benzene rings is 15. The Morgan fingerprint density at radius 1 is 0.190 bits per heavy atom. The molecule has 0 unspecified atom stereocenters. The Kier molecular flexibility index (Phi) is 12.0. The van der Waals surface area contributed by atoms with Gasteiger partial charge in [-0.3, -0.25) is 9.78 Å². The molecule has 0 spiro atoms. The van der Waals surface area contributed by atoms with E-state index in [4.69, 9.17) is 9.40 Å². The summed E-state index contributed by atoms with van der Waals surface area (Å²) in [7, 11) is 0. The molecule has 0 aliphatic heterocycles. The first-order valence-corrected chi connectivity index (χ1v) is 35.7. The zero-order valence-corrected chi connectivity index (χ0v) is 56.4. The van der Waals surface area contributed by atoms with Gasteiger partial charge in [0, 0.05) is 82.3 Å². The molecule has 0 saturated carbocycles. The van der Waals surface area contributed by atoms with Gasteiger partial charge in [-0.25, -0.2) is 0 Å². The standard InChI is InChI=1S/C96H57N7O2/c104-96-71-33-13-22-42-93(71)105-94-56-79-73(53-80(94)96)72-49-60(102-85-38-18-11-31-69(85)76-50-61(44-47-87(76)102)100-81-34-14-7-27-65(81)66-28-8-15-35-82(66)100)43-46-64(72)74-54-91-92(99(59-25-5-2-6-26-59)90-41-21-20-40-89(90)98(91)58-23-3-1-4-24-58)55-75(74)78-52-63(57-97-95(78)79)103-86-39-19-12-32-70(86)77-51-62(45-48-88(77)103)101-83-36-16-9-29-67(83)68-30-10-17-37-84(68)101/h1-57H. The lowest BCUT2D eigenvalue weighted by Gasteiger charge is -2.23. The summed E-state index contributed by atoms with van der Waals surface area (Å²) < 4.78 is 21.4. The van der Waals surface area contributed by atoms with Crippen LogP contribution in [0.2, 0.25) is 0 Å². The van der Waals surface area contributed by atoms with Crippen LogP contribution in [0.5, 0.6) is 0 Å². The van der Waals surface area contributed by atoms with Crippen molar-refractivity contribution in [1.82, 2.24) is 32.4 Å². The highest BCUT2D eigenvalue weighted by molar-refractivity contribution is 6.29. The lowest BCUT2D eigenvalue weighted by Crippen LogP contribution is -2.08. The molecule has 23 aromatic rings. The molecule has 7 heterocycles. The molecule has 0 amide bonds. The Morgan fingerprint density at radius 2 is 0.514 bits per heavy atom. The number of fused-ring (bicyclic) bond motifs is 24. The average Bonchev–Trinajstić information content (AvgIpc) is 1.21. The van der Waals surface area contributed by atoms with Crippen LogP contribution in [-0.2, 0) is 0 Å². The van der Waals surface area contributed by atoms with Gasteiger partial charge in [0.05, 0.1) is 94.4 Å². The van der Waals surface area contributed by atoms with Crippen molar-refractivity contribution in [2.24, 2.45) is 0 Å². The van der Waals surface area contributed by atoms with Crippen LogP contribution >= 0.6 is 0 Å². The molecule has 0 N–H and O–H groups in total. The fourth-order valence-electron chi connectivity index (χ4n) is 17.7. The molecule has 0 saturated heterocycles. The molecular formula is C96H57N7O2. The van der Waals surface area contributed by atoms with Gasteiger partial charge in [0.2, 0.25) is 5.43 Å². The van der Waals surface area contributed by atoms with Crippen molar-refractivity contribution < 1.29 is 4.42 Å². The minimum Gasteiger partial charge on any atom is -0.456 e. The van der Waals surface area contributed by atoms with E-state index in [-0.39, 0.29) is 5.43 Å². The van der Waals surface area contributed by atoms with Gasteiger partial charge in [0.1, 0.15) is 11.2 Å². The van der Waals surface area contributed by atoms with Crippen LogP contribution < -0.4 is 5.43 Å². The average molecular weight is 1340 g/mol. The Bertz CT molecular complexity index is 7770. The predicted octanol–water partition coefficient (Wildman–Crippen LogP) is 24.4. The van der Waals surface area contributed by atoms with E-state index in [0.717, 1.165) is 165 Å². The molecule has 9 nitrogen and oxygen atoms in total. The van der Waals surface area contributed by atoms with Gasteiger partial charge in [-0.05, 0) is 191 Å². The highest BCUT2D eigenvalue weighted by atomic mass is 16.3. The molecule has 0 radical (unpaired) electrons. The molecular weight excluding hydrogens is 1280 g/mol. The molecule has 7 aromatic heterocycles. The van der Waals surface area contributed by atoms with Gasteiger partial charge in [-0.15, -0.1) is 0 Å². The van der Waals surface area contributed by atoms with Crippen molar-refractivity contribution in [3.05, 3.63) is 356 Å². The maximum Gasteiger partial charge on any atom is 0.200 e. The molecule has 9 heteroatoms. The number of nitrogens with zero attached hydrogens (tertiary/aromatic N) is 7. The number of pyridine rings is 1. The van der Waals surface area contributed by atoms with Gasteiger partial charge < -0.3 is 31.8 Å². The summed E-state index contributed by atoms with van der Waals surface area (Å²) in [6, 6.07) is 122. The number of hydrogen-bond donors (Lipinski definition) is 0. The van der Waals surface area contributed by atoms with Crippen molar-refractivity contribution in [2.75, 3.05) is 0 Å². The second-order valence-electron chi connectivity index (χ2n) is 27.7. The first kappa shape index (κ1) is 57.5. The fraction of sp³-hybridized carbons (Fsp3) is 0. The van der Waals surface area contributed by atoms with E-state index >= 15 is 4.79 Å². The highest BCUT2D eigenvalue weighted by Gasteiger charge is 2.24. The number of aromatic nitrogens is 7. The third-order valence-corrected chi connectivity index (χ3v) is 22.2. The minimum atomic E-state index is -0.0975. The smallest absolute Gasteiger partial charge is 0.200 e. The molecule has 0 atom stereocenters. The number of hydrogen-bond acceptors (Lipinski definition) is 3. The molecule has 0 bridgehead atoms. The van der Waals surface area contributed by atoms with Crippen LogP contribution in [0.25, 0.3) is 209 Å². The van der Waals surface area contributed by atoms with Crippen molar-refractivity contribution >= 4 is 174 Å². The molecule has 105 heavy (non-hydrogen) atoms. The van der Waals surface area contributed by atoms with E-state index in [9.17, 15) is 0 Å². The Hall–Kier alpha value is -14.3. The maximum atomic E-state index is 15.4. The SMILES string of the molecule is O=c1c2ccccc2oc2cc3c(cc12)c1cc(-n2c4ccccc4c4cc(-n5c6ccccc6c6ccccc65)ccc42)ccc1c1cc2c(cc1c1cc(-n4c5ccccc5c5cc(-n6c7ccccc7c7ccccc76)ccc54)cnc13)n(-c1ccccc1)c1ccccc1n2-c1ccccc1. The summed E-state index contributed by atoms with van der Waals surface area (Å²) in [5.41, 5.74) is 20.7. The van der Waals surface area contributed by atoms with E-state index in [1.165, 1.54) is 21.5 Å². The van der Waals surface area contributed by atoms with Crippen molar-refractivity contribution in [1.29, 1.82) is 0 Å². The first-order valence-electron chi connectivity index (χ1n) is 35.7. The summed E-state index contributed by atoms with van der Waals surface area (Å²) in [4.78, 5) is 21.2. The van der Waals surface area contributed by atoms with Crippen molar-refractivity contribution in [3.63, 3.8) is 0 Å². The summed E-state index contributed by atoms with van der Waals surface area (Å²) in [5, 5.41) is 16.9. The third-order valence-electron chi connectivity index (χ3n) is 22.2. The largest absolute Gasteiger partial charge is 0.456 e. The summed E-state index contributed by atoms with van der Waals surface area (Å²) >= 11 is 0. The highest BCUT2D eigenvalue weighted by Crippen LogP contribution is 2.45. The van der Waals surface area contributed by atoms with Gasteiger partial charge in [-0.1, -0.05) is 176 Å². The molecule has 0 fully saturated rings. The second-order valence-corrected chi connectivity index (χ2v) is 27.7. The number of para-hydroxylation sites is 11. The van der Waals surface area contributed by atoms with E-state index in [2.05, 4.69) is 343 Å². The maximum absolute atomic E-state index is 15.4. The zero-order chi connectivity index (χ0) is 68.7. The van der Waals surface area contributed by atoms with Gasteiger partial charge in [0.25, 0.3) is 0 Å². The normalized spacial score (nSPS) is 12.2. The van der Waals surface area contributed by atoms with Crippen LogP contribution in [0.4, 0.5) is 0 Å². The van der Waals surface area contributed by atoms with E-state index < -0.39 is 0 Å². The fourth-order valence-corrected chi connectivity index (χ4v) is 17.7. The van der Waals surface area contributed by atoms with Crippen molar-refractivity contribution in [3.8, 4) is 34.1 Å². The topological polar surface area (TPSA) is 72.7 Å². The zero-order valence-electron chi connectivity index (χ0n) is 56.4. The van der Waals surface area contributed by atoms with Gasteiger partial charge in [0.15, 0.2) is 0 Å². The van der Waals surface area contributed by atoms with Gasteiger partial charge in [-0.2, -0.15) is 0 Å². The quantitative estimate of drug-likeness (QED) is 0.156. The molecule has 0 aliphatic carbocycles. The molecule has 23 rings (SSSR count). The van der Waals surface area contributed by atoms with Gasteiger partial charge >= 0.3 is 0 Å². The monoisotopic (exact) mass is 1340 g/mol. The lowest BCUT2D eigenvalue weighted by molar-refractivity contribution is 0.660. The second kappa shape index (κ2) is 21.9. The summed E-state index contributed by atoms with van der Waals surface area (Å²) in [6.07, 6.45) is 2.04. The lowest BCUT2D eigenvalue weighted by atomic mass is 9.94. The summed E-state index contributed by atoms with van der Waals surface area (Å²) in [6.45, 7) is 0. The minimum absolute atomic E-state index is 0.0975. The van der Waals surface area contributed by atoms with Crippen LogP contribution in [-0.4, -0.2) is 32.4 Å². The van der Waals surface area contributed by atoms with Crippen LogP contribution in [0, 0.1) is 0 Å². The van der Waals surface area contributed by atoms with Crippen LogP contribution in [0.15, 0.2) is 355 Å². The summed E-state index contributed by atoms with van der Waals surface area (Å²) in [5.74, 6) is 0. The molecule has 488 valence electrons. The van der Waals surface area contributed by atoms with E-state index in [0.29, 0.717) is 21.9 Å². The predicted molar refractivity (Wildman–Crippen MR) is 436 cm³/mol. The van der Waals surface area contributed by atoms with E-state index in [1.807, 2.05) is 30.5 Å². The molecule has 16 aromatic carbocycles. The Balaban J connectivity index is 0.872. The first-order chi connectivity index (χ1) is 52.0. The van der Waals surface area contributed by atoms with Crippen LogP contribution in [0.1, 0.15) is 0 Å².